The topological polar surface area (TPSA) is 177 Å². The molecule has 0 aromatic rings. The highest BCUT2D eigenvalue weighted by atomic mass is 35.5. The molecule has 2 fully saturated rings. The SMILES string of the molecule is CCOC(=O)Cl.CCOC(=O)N1C[C@H](O)C[C@@H]1C.O=C=O.O=C=O.O[C@@H]1CCNC1. The number of carbonyl (C=O) groups is 2. The number of nitrogens with one attached hydrogen (secondary N) is 1. The fraction of sp³-hybridized carbons (Fsp3) is 0.765. The molecular formula is C17H29ClN2O10. The molecule has 1 amide bonds. The third kappa shape index (κ3) is 22.0. The van der Waals surface area contributed by atoms with Crippen LogP contribution in [-0.2, 0) is 28.7 Å². The van der Waals surface area contributed by atoms with E-state index in [0.717, 1.165) is 19.5 Å². The van der Waals surface area contributed by atoms with Crippen molar-refractivity contribution in [1.82, 2.24) is 10.2 Å². The second-order valence-electron chi connectivity index (χ2n) is 5.57. The number of hydrogen-bond acceptors (Lipinski definition) is 11. The molecule has 0 aromatic heterocycles. The summed E-state index contributed by atoms with van der Waals surface area (Å²) in [7, 11) is 0. The highest BCUT2D eigenvalue weighted by Crippen LogP contribution is 2.17. The first-order valence-corrected chi connectivity index (χ1v) is 9.33. The number of aliphatic hydroxyl groups excluding tert-OH is 2. The number of aliphatic hydroxyl groups is 2. The number of rotatable bonds is 2. The Kier molecular flexibility index (Phi) is 24.7. The molecule has 2 aliphatic rings. The average Bonchev–Trinajstić information content (AvgIpc) is 3.25. The number of β-amino-alcohol motifs (C(OH)–C–C–N with tert-alkyl or cyclic N) is 2. The lowest BCUT2D eigenvalue weighted by molar-refractivity contribution is -0.193. The average molecular weight is 457 g/mol. The normalized spacial score (nSPS) is 20.6. The lowest BCUT2D eigenvalue weighted by atomic mass is 10.2. The second-order valence-corrected chi connectivity index (χ2v) is 5.88. The van der Waals surface area contributed by atoms with Gasteiger partial charge in [0, 0.05) is 24.2 Å². The van der Waals surface area contributed by atoms with Gasteiger partial charge in [-0.25, -0.2) is 9.59 Å². The molecular weight excluding hydrogens is 428 g/mol. The first kappa shape index (κ1) is 32.3. The molecule has 0 bridgehead atoms. The van der Waals surface area contributed by atoms with E-state index in [1.54, 1.807) is 18.7 Å². The summed E-state index contributed by atoms with van der Waals surface area (Å²) in [6.07, 6.45) is 1.31. The van der Waals surface area contributed by atoms with Gasteiger partial charge in [-0.05, 0) is 40.2 Å². The Balaban J connectivity index is -0.000000344. The lowest BCUT2D eigenvalue weighted by Crippen LogP contribution is -2.34. The van der Waals surface area contributed by atoms with Crippen LogP contribution in [0, 0.1) is 0 Å². The molecule has 0 radical (unpaired) electrons. The summed E-state index contributed by atoms with van der Waals surface area (Å²) in [6, 6.07) is 0.0963. The van der Waals surface area contributed by atoms with E-state index in [-0.39, 0.29) is 36.6 Å². The van der Waals surface area contributed by atoms with Crippen LogP contribution in [-0.4, -0.2) is 90.0 Å². The van der Waals surface area contributed by atoms with Crippen LogP contribution in [0.3, 0.4) is 0 Å². The Morgan fingerprint density at radius 1 is 1.07 bits per heavy atom. The standard InChI is InChI=1S/C8H15NO3.C4H9NO.C3H5ClO2.2CO2/c1-3-12-8(11)9-5-7(10)4-6(9)2;6-4-1-2-5-3-4;1-2-6-3(4)5;2*2-1-3/h6-7,10H,3-5H2,1-2H3;4-6H,1-3H2;2H2,1H3;;/t6-,7+;4-;;;/m01.../s1. The molecule has 2 heterocycles. The number of hydrogen-bond donors (Lipinski definition) is 3. The Labute approximate surface area is 179 Å². The number of carbonyl (C=O) groups excluding carboxylic acids is 6. The van der Waals surface area contributed by atoms with Crippen molar-refractivity contribution in [2.75, 3.05) is 32.8 Å². The molecule has 30 heavy (non-hydrogen) atoms. The zero-order chi connectivity index (χ0) is 23.9. The lowest BCUT2D eigenvalue weighted by Gasteiger charge is -2.19. The molecule has 3 N–H and O–H groups in total. The van der Waals surface area contributed by atoms with E-state index in [0.29, 0.717) is 26.2 Å². The van der Waals surface area contributed by atoms with Crippen molar-refractivity contribution in [2.24, 2.45) is 0 Å². The quantitative estimate of drug-likeness (QED) is 0.482. The van der Waals surface area contributed by atoms with Crippen LogP contribution in [0.15, 0.2) is 0 Å². The number of ether oxygens (including phenoxy) is 2. The van der Waals surface area contributed by atoms with Gasteiger partial charge in [0.05, 0.1) is 32.0 Å². The van der Waals surface area contributed by atoms with Gasteiger partial charge in [-0.2, -0.15) is 19.2 Å². The van der Waals surface area contributed by atoms with Gasteiger partial charge < -0.3 is 29.9 Å². The first-order chi connectivity index (χ1) is 14.1. The van der Waals surface area contributed by atoms with Gasteiger partial charge in [0.1, 0.15) is 0 Å². The second kappa shape index (κ2) is 23.0. The van der Waals surface area contributed by atoms with Crippen LogP contribution in [0.4, 0.5) is 9.59 Å². The van der Waals surface area contributed by atoms with Crippen molar-refractivity contribution >= 4 is 35.4 Å². The van der Waals surface area contributed by atoms with E-state index >= 15 is 0 Å². The third-order valence-electron chi connectivity index (χ3n) is 3.35. The Hall–Kier alpha value is -2.33. The van der Waals surface area contributed by atoms with Crippen molar-refractivity contribution < 1.29 is 48.5 Å². The molecule has 2 rings (SSSR count). The van der Waals surface area contributed by atoms with Crippen molar-refractivity contribution in [3.8, 4) is 0 Å². The number of halogens is 1. The first-order valence-electron chi connectivity index (χ1n) is 8.95. The van der Waals surface area contributed by atoms with Crippen LogP contribution < -0.4 is 5.32 Å². The maximum absolute atomic E-state index is 11.2. The van der Waals surface area contributed by atoms with Crippen molar-refractivity contribution in [3.63, 3.8) is 0 Å². The summed E-state index contributed by atoms with van der Waals surface area (Å²) in [5.41, 5.74) is -0.738. The minimum atomic E-state index is -0.738. The Morgan fingerprint density at radius 2 is 1.57 bits per heavy atom. The van der Waals surface area contributed by atoms with E-state index in [1.165, 1.54) is 0 Å². The molecule has 174 valence electrons. The van der Waals surface area contributed by atoms with Crippen LogP contribution in [0.5, 0.6) is 0 Å². The third-order valence-corrected chi connectivity index (χ3v) is 3.46. The fourth-order valence-corrected chi connectivity index (χ4v) is 2.33. The summed E-state index contributed by atoms with van der Waals surface area (Å²) in [5.74, 6) is 0. The van der Waals surface area contributed by atoms with Gasteiger partial charge in [0.25, 0.3) is 0 Å². The molecule has 0 saturated carbocycles. The zero-order valence-electron chi connectivity index (χ0n) is 17.2. The highest BCUT2D eigenvalue weighted by molar-refractivity contribution is 6.61. The molecule has 0 aliphatic carbocycles. The predicted molar refractivity (Wildman–Crippen MR) is 100 cm³/mol. The van der Waals surface area contributed by atoms with Crippen LogP contribution in [0.25, 0.3) is 0 Å². The van der Waals surface area contributed by atoms with Crippen molar-refractivity contribution in [2.45, 2.75) is 51.9 Å². The molecule has 12 nitrogen and oxygen atoms in total. The smallest absolute Gasteiger partial charge is 0.410 e. The number of likely N-dealkylation sites (tertiary alicyclic amines) is 1. The number of nitrogens with zero attached hydrogens (tertiary/aromatic N) is 1. The molecule has 0 unspecified atom stereocenters. The van der Waals surface area contributed by atoms with Crippen LogP contribution >= 0.6 is 11.6 Å². The maximum atomic E-state index is 11.2. The fourth-order valence-electron chi connectivity index (χ4n) is 2.22. The minimum absolute atomic E-state index is 0.0648. The van der Waals surface area contributed by atoms with Crippen molar-refractivity contribution in [3.05, 3.63) is 0 Å². The Bertz CT molecular complexity index is 505. The molecule has 0 aromatic carbocycles. The van der Waals surface area contributed by atoms with Crippen LogP contribution in [0.2, 0.25) is 0 Å². The largest absolute Gasteiger partial charge is 0.454 e. The van der Waals surface area contributed by atoms with E-state index in [1.807, 2.05) is 6.92 Å². The van der Waals surface area contributed by atoms with Gasteiger partial charge >= 0.3 is 23.8 Å². The van der Waals surface area contributed by atoms with E-state index in [2.05, 4.69) is 10.1 Å². The van der Waals surface area contributed by atoms with E-state index in [4.69, 9.17) is 40.6 Å². The van der Waals surface area contributed by atoms with Gasteiger partial charge in [-0.1, -0.05) is 0 Å². The molecule has 0 spiro atoms. The summed E-state index contributed by atoms with van der Waals surface area (Å²) in [5, 5.41) is 20.9. The maximum Gasteiger partial charge on any atom is 0.410 e. The van der Waals surface area contributed by atoms with Gasteiger partial charge in [-0.3, -0.25) is 0 Å². The highest BCUT2D eigenvalue weighted by Gasteiger charge is 2.31. The predicted octanol–water partition coefficient (Wildman–Crippen LogP) is 0.153. The molecule has 13 heteroatoms. The summed E-state index contributed by atoms with van der Waals surface area (Å²) >= 11 is 4.72. The Morgan fingerprint density at radius 3 is 1.77 bits per heavy atom. The summed E-state index contributed by atoms with van der Waals surface area (Å²) in [6.45, 7) is 8.30. The number of amides is 1. The van der Waals surface area contributed by atoms with E-state index < -0.39 is 5.43 Å². The van der Waals surface area contributed by atoms with Gasteiger partial charge in [0.15, 0.2) is 0 Å². The van der Waals surface area contributed by atoms with Gasteiger partial charge in [0.2, 0.25) is 0 Å². The molecule has 2 saturated heterocycles. The van der Waals surface area contributed by atoms with Gasteiger partial charge in [-0.15, -0.1) is 0 Å². The molecule has 2 aliphatic heterocycles. The summed E-state index contributed by atoms with van der Waals surface area (Å²) < 4.78 is 8.99. The molecule has 3 atom stereocenters. The monoisotopic (exact) mass is 456 g/mol. The minimum Gasteiger partial charge on any atom is -0.454 e. The summed E-state index contributed by atoms with van der Waals surface area (Å²) in [4.78, 5) is 54.8. The van der Waals surface area contributed by atoms with E-state index in [9.17, 15) is 14.7 Å². The zero-order valence-corrected chi connectivity index (χ0v) is 17.9. The van der Waals surface area contributed by atoms with Crippen LogP contribution in [0.1, 0.15) is 33.6 Å². The van der Waals surface area contributed by atoms with Crippen molar-refractivity contribution in [1.29, 1.82) is 0 Å².